The number of benzene rings is 2. The van der Waals surface area contributed by atoms with Gasteiger partial charge in [-0.15, -0.1) is 0 Å². The van der Waals surface area contributed by atoms with E-state index in [0.717, 1.165) is 16.7 Å². The summed E-state index contributed by atoms with van der Waals surface area (Å²) in [7, 11) is 0. The normalized spacial score (nSPS) is 18.6. The molecular weight excluding hydrogens is 318 g/mol. The number of aliphatic carboxylic acids is 1. The van der Waals surface area contributed by atoms with Gasteiger partial charge in [0, 0.05) is 6.54 Å². The molecule has 0 spiro atoms. The van der Waals surface area contributed by atoms with Crippen LogP contribution in [-0.4, -0.2) is 17.0 Å². The average molecular weight is 339 g/mol. The Morgan fingerprint density at radius 3 is 2.32 bits per heavy atom. The van der Waals surface area contributed by atoms with Crippen molar-refractivity contribution in [2.75, 3.05) is 0 Å². The summed E-state index contributed by atoms with van der Waals surface area (Å²) < 4.78 is 5.77. The van der Waals surface area contributed by atoms with Crippen LogP contribution < -0.4 is 5.32 Å². The highest BCUT2D eigenvalue weighted by Gasteiger charge is 2.48. The van der Waals surface area contributed by atoms with Crippen LogP contribution in [0.2, 0.25) is 0 Å². The molecule has 2 atom stereocenters. The molecule has 0 bridgehead atoms. The zero-order chi connectivity index (χ0) is 17.6. The summed E-state index contributed by atoms with van der Waals surface area (Å²) in [5.41, 5.74) is 3.11. The molecule has 5 nitrogen and oxygen atoms in total. The molecule has 0 radical (unpaired) electrons. The first-order chi connectivity index (χ1) is 12.1. The molecule has 0 saturated heterocycles. The van der Waals surface area contributed by atoms with E-state index in [9.17, 15) is 9.59 Å². The third-order valence-corrected chi connectivity index (χ3v) is 4.38. The standard InChI is InChI=1S/C20H21NO4/c22-19(17-10-18(17)20(23)24)21-11-15-8-4-5-9-16(15)13-25-12-14-6-2-1-3-7-14/h1-9,17-18H,10-13H2,(H,21,22)(H,23,24)/t17-,18+/m1/s1. The van der Waals surface area contributed by atoms with Crippen LogP contribution in [0.25, 0.3) is 0 Å². The fraction of sp³-hybridized carbons (Fsp3) is 0.300. The molecule has 1 aliphatic carbocycles. The summed E-state index contributed by atoms with van der Waals surface area (Å²) in [5.74, 6) is -1.99. The number of amides is 1. The maximum absolute atomic E-state index is 12.0. The molecule has 0 heterocycles. The van der Waals surface area contributed by atoms with E-state index in [1.54, 1.807) is 0 Å². The van der Waals surface area contributed by atoms with Gasteiger partial charge in [0.1, 0.15) is 0 Å². The van der Waals surface area contributed by atoms with Crippen LogP contribution >= 0.6 is 0 Å². The summed E-state index contributed by atoms with van der Waals surface area (Å²) in [5, 5.41) is 11.7. The van der Waals surface area contributed by atoms with Crippen LogP contribution in [0.3, 0.4) is 0 Å². The van der Waals surface area contributed by atoms with Crippen LogP contribution in [0, 0.1) is 11.8 Å². The minimum atomic E-state index is -0.894. The van der Waals surface area contributed by atoms with Crippen LogP contribution in [0.4, 0.5) is 0 Å². The topological polar surface area (TPSA) is 75.6 Å². The molecule has 1 amide bonds. The fourth-order valence-corrected chi connectivity index (χ4v) is 2.79. The average Bonchev–Trinajstić information content (AvgIpc) is 3.43. The highest BCUT2D eigenvalue weighted by Crippen LogP contribution is 2.38. The van der Waals surface area contributed by atoms with Crippen molar-refractivity contribution in [1.29, 1.82) is 0 Å². The third kappa shape index (κ3) is 4.67. The van der Waals surface area contributed by atoms with Crippen molar-refractivity contribution < 1.29 is 19.4 Å². The van der Waals surface area contributed by atoms with E-state index in [2.05, 4.69) is 5.32 Å². The molecule has 3 rings (SSSR count). The lowest BCUT2D eigenvalue weighted by atomic mass is 10.1. The lowest BCUT2D eigenvalue weighted by Crippen LogP contribution is -2.26. The Morgan fingerprint density at radius 1 is 0.960 bits per heavy atom. The lowest BCUT2D eigenvalue weighted by molar-refractivity contribution is -0.140. The number of hydrogen-bond donors (Lipinski definition) is 2. The number of rotatable bonds is 8. The zero-order valence-electron chi connectivity index (χ0n) is 13.9. The van der Waals surface area contributed by atoms with Crippen LogP contribution in [0.1, 0.15) is 23.1 Å². The van der Waals surface area contributed by atoms with Crippen molar-refractivity contribution in [3.05, 3.63) is 71.3 Å². The molecule has 2 aromatic carbocycles. The second-order valence-corrected chi connectivity index (χ2v) is 6.25. The molecule has 0 aliphatic heterocycles. The van der Waals surface area contributed by atoms with E-state index >= 15 is 0 Å². The van der Waals surface area contributed by atoms with Gasteiger partial charge in [0.2, 0.25) is 5.91 Å². The maximum Gasteiger partial charge on any atom is 0.307 e. The van der Waals surface area contributed by atoms with Crippen molar-refractivity contribution in [3.8, 4) is 0 Å². The van der Waals surface area contributed by atoms with Crippen molar-refractivity contribution in [1.82, 2.24) is 5.32 Å². The Hall–Kier alpha value is -2.66. The van der Waals surface area contributed by atoms with E-state index in [-0.39, 0.29) is 11.8 Å². The first-order valence-electron chi connectivity index (χ1n) is 8.34. The van der Waals surface area contributed by atoms with Crippen LogP contribution in [0.15, 0.2) is 54.6 Å². The van der Waals surface area contributed by atoms with E-state index in [0.29, 0.717) is 26.2 Å². The Labute approximate surface area is 146 Å². The van der Waals surface area contributed by atoms with Gasteiger partial charge in [-0.3, -0.25) is 9.59 Å². The van der Waals surface area contributed by atoms with Crippen molar-refractivity contribution >= 4 is 11.9 Å². The number of hydrogen-bond acceptors (Lipinski definition) is 3. The molecule has 0 unspecified atom stereocenters. The van der Waals surface area contributed by atoms with E-state index < -0.39 is 11.9 Å². The zero-order valence-corrected chi connectivity index (χ0v) is 13.9. The molecule has 1 aliphatic rings. The Morgan fingerprint density at radius 2 is 1.64 bits per heavy atom. The summed E-state index contributed by atoms with van der Waals surface area (Å²) >= 11 is 0. The number of carboxylic acids is 1. The van der Waals surface area contributed by atoms with Gasteiger partial charge in [-0.05, 0) is 23.1 Å². The SMILES string of the molecule is O=C(O)[C@H]1C[C@H]1C(=O)NCc1ccccc1COCc1ccccc1. The summed E-state index contributed by atoms with van der Waals surface area (Å²) in [6, 6.07) is 17.7. The molecule has 2 aromatic rings. The molecule has 5 heteroatoms. The Kier molecular flexibility index (Phi) is 5.46. The number of nitrogens with one attached hydrogen (secondary N) is 1. The molecule has 2 N–H and O–H groups in total. The van der Waals surface area contributed by atoms with E-state index in [1.807, 2.05) is 54.6 Å². The molecule has 0 aromatic heterocycles. The van der Waals surface area contributed by atoms with Crippen LogP contribution in [-0.2, 0) is 34.1 Å². The molecule has 1 fully saturated rings. The number of ether oxygens (including phenoxy) is 1. The quantitative estimate of drug-likeness (QED) is 0.775. The summed E-state index contributed by atoms with van der Waals surface area (Å²) in [6.45, 7) is 1.37. The highest BCUT2D eigenvalue weighted by atomic mass is 16.5. The van der Waals surface area contributed by atoms with Gasteiger partial charge in [0.05, 0.1) is 25.0 Å². The Balaban J connectivity index is 1.50. The minimum Gasteiger partial charge on any atom is -0.481 e. The van der Waals surface area contributed by atoms with Gasteiger partial charge in [0.25, 0.3) is 0 Å². The predicted molar refractivity (Wildman–Crippen MR) is 92.5 cm³/mol. The third-order valence-electron chi connectivity index (χ3n) is 4.38. The highest BCUT2D eigenvalue weighted by molar-refractivity contribution is 5.89. The monoisotopic (exact) mass is 339 g/mol. The smallest absolute Gasteiger partial charge is 0.307 e. The van der Waals surface area contributed by atoms with Gasteiger partial charge in [0.15, 0.2) is 0 Å². The summed E-state index contributed by atoms with van der Waals surface area (Å²) in [6.07, 6.45) is 0.434. The lowest BCUT2D eigenvalue weighted by Gasteiger charge is -2.11. The largest absolute Gasteiger partial charge is 0.481 e. The van der Waals surface area contributed by atoms with Crippen molar-refractivity contribution in [3.63, 3.8) is 0 Å². The van der Waals surface area contributed by atoms with Gasteiger partial charge in [-0.25, -0.2) is 0 Å². The fourth-order valence-electron chi connectivity index (χ4n) is 2.79. The number of carbonyl (C=O) groups excluding carboxylic acids is 1. The van der Waals surface area contributed by atoms with Gasteiger partial charge in [-0.2, -0.15) is 0 Å². The molecular formula is C20H21NO4. The number of carbonyl (C=O) groups is 2. The van der Waals surface area contributed by atoms with E-state index in [4.69, 9.17) is 9.84 Å². The van der Waals surface area contributed by atoms with Gasteiger partial charge < -0.3 is 15.2 Å². The molecule has 1 saturated carbocycles. The van der Waals surface area contributed by atoms with Crippen LogP contribution in [0.5, 0.6) is 0 Å². The van der Waals surface area contributed by atoms with E-state index in [1.165, 1.54) is 0 Å². The van der Waals surface area contributed by atoms with Crippen molar-refractivity contribution in [2.45, 2.75) is 26.2 Å². The molecule has 130 valence electrons. The minimum absolute atomic E-state index is 0.188. The second kappa shape index (κ2) is 7.94. The number of carboxylic acid groups (broad SMARTS) is 1. The maximum atomic E-state index is 12.0. The predicted octanol–water partition coefficient (Wildman–Crippen LogP) is 2.74. The Bertz CT molecular complexity index is 744. The molecule has 25 heavy (non-hydrogen) atoms. The second-order valence-electron chi connectivity index (χ2n) is 6.25. The first-order valence-corrected chi connectivity index (χ1v) is 8.34. The van der Waals surface area contributed by atoms with Crippen molar-refractivity contribution in [2.24, 2.45) is 11.8 Å². The van der Waals surface area contributed by atoms with Gasteiger partial charge >= 0.3 is 5.97 Å². The first kappa shape index (κ1) is 17.2. The van der Waals surface area contributed by atoms with Gasteiger partial charge in [-0.1, -0.05) is 54.6 Å². The summed E-state index contributed by atoms with van der Waals surface area (Å²) in [4.78, 5) is 22.8.